The van der Waals surface area contributed by atoms with E-state index < -0.39 is 5.60 Å². The Morgan fingerprint density at radius 1 is 1.73 bits per heavy atom. The lowest BCUT2D eigenvalue weighted by Crippen LogP contribution is -2.35. The molecule has 15 heavy (non-hydrogen) atoms. The quantitative estimate of drug-likeness (QED) is 0.851. The zero-order valence-corrected chi connectivity index (χ0v) is 10.1. The molecule has 0 aliphatic carbocycles. The van der Waals surface area contributed by atoms with Crippen molar-refractivity contribution in [3.63, 3.8) is 0 Å². The van der Waals surface area contributed by atoms with Crippen LogP contribution in [0.3, 0.4) is 0 Å². The number of hydrogen-bond donors (Lipinski definition) is 1. The lowest BCUT2D eigenvalue weighted by molar-refractivity contribution is 0.0368. The Labute approximate surface area is 94.9 Å². The van der Waals surface area contributed by atoms with Gasteiger partial charge < -0.3 is 9.67 Å². The molecule has 1 N–H and O–H groups in total. The van der Waals surface area contributed by atoms with Gasteiger partial charge in [0.15, 0.2) is 0 Å². The Hall–Kier alpha value is -0.480. The van der Waals surface area contributed by atoms with Crippen LogP contribution in [0, 0.1) is 0 Å². The lowest BCUT2D eigenvalue weighted by Gasteiger charge is -2.26. The van der Waals surface area contributed by atoms with Gasteiger partial charge in [-0.1, -0.05) is 6.92 Å². The van der Waals surface area contributed by atoms with Crippen molar-refractivity contribution in [3.05, 3.63) is 18.2 Å². The molecule has 1 fully saturated rings. The van der Waals surface area contributed by atoms with Crippen molar-refractivity contribution in [1.29, 1.82) is 0 Å². The number of thioether (sulfide) groups is 1. The summed E-state index contributed by atoms with van der Waals surface area (Å²) in [4.78, 5) is 4.28. The molecule has 4 heteroatoms. The third-order valence-electron chi connectivity index (χ3n) is 3.36. The second-order valence-corrected chi connectivity index (χ2v) is 5.77. The van der Waals surface area contributed by atoms with Crippen LogP contribution in [0.5, 0.6) is 0 Å². The number of hydrogen-bond acceptors (Lipinski definition) is 3. The maximum atomic E-state index is 10.4. The number of nitrogens with zero attached hydrogens (tertiary/aromatic N) is 2. The van der Waals surface area contributed by atoms with Crippen molar-refractivity contribution in [2.24, 2.45) is 7.05 Å². The van der Waals surface area contributed by atoms with Gasteiger partial charge in [0.1, 0.15) is 5.82 Å². The third kappa shape index (κ3) is 2.21. The molecule has 0 aromatic carbocycles. The summed E-state index contributed by atoms with van der Waals surface area (Å²) in [5.74, 6) is 2.14. The molecule has 84 valence electrons. The van der Waals surface area contributed by atoms with Crippen molar-refractivity contribution in [3.8, 4) is 0 Å². The predicted molar refractivity (Wildman–Crippen MR) is 63.0 cm³/mol. The second-order valence-electron chi connectivity index (χ2n) is 4.32. The topological polar surface area (TPSA) is 38.1 Å². The van der Waals surface area contributed by atoms with Gasteiger partial charge >= 0.3 is 0 Å². The Bertz CT molecular complexity index is 339. The first kappa shape index (κ1) is 11.0. The van der Waals surface area contributed by atoms with Gasteiger partial charge in [-0.15, -0.1) is 0 Å². The van der Waals surface area contributed by atoms with Gasteiger partial charge in [0.25, 0.3) is 0 Å². The standard InChI is InChI=1S/C11H18N2OS/c1-9-11(14,5-8-15-9)4-3-10-12-6-7-13(10)2/h6-7,9,14H,3-5,8H2,1-2H3. The normalized spacial score (nSPS) is 31.0. The van der Waals surface area contributed by atoms with Gasteiger partial charge in [-0.05, 0) is 18.6 Å². The van der Waals surface area contributed by atoms with Gasteiger partial charge in [-0.2, -0.15) is 11.8 Å². The number of aromatic nitrogens is 2. The lowest BCUT2D eigenvalue weighted by atomic mass is 9.91. The molecule has 2 rings (SSSR count). The maximum absolute atomic E-state index is 10.4. The molecular formula is C11H18N2OS. The third-order valence-corrected chi connectivity index (χ3v) is 4.74. The van der Waals surface area contributed by atoms with E-state index in [0.29, 0.717) is 5.25 Å². The van der Waals surface area contributed by atoms with E-state index in [9.17, 15) is 5.11 Å². The summed E-state index contributed by atoms with van der Waals surface area (Å²) in [6.07, 6.45) is 6.37. The molecule has 2 atom stereocenters. The Morgan fingerprint density at radius 3 is 3.07 bits per heavy atom. The molecule has 0 radical (unpaired) electrons. The summed E-state index contributed by atoms with van der Waals surface area (Å²) in [5.41, 5.74) is -0.476. The average molecular weight is 226 g/mol. The van der Waals surface area contributed by atoms with E-state index in [-0.39, 0.29) is 0 Å². The fourth-order valence-corrected chi connectivity index (χ4v) is 3.44. The largest absolute Gasteiger partial charge is 0.389 e. The predicted octanol–water partition coefficient (Wildman–Crippen LogP) is 1.61. The zero-order chi connectivity index (χ0) is 10.9. The molecule has 3 nitrogen and oxygen atoms in total. The SMILES string of the molecule is CC1SCCC1(O)CCc1nccn1C. The summed E-state index contributed by atoms with van der Waals surface area (Å²) < 4.78 is 2.02. The van der Waals surface area contributed by atoms with E-state index >= 15 is 0 Å². The minimum Gasteiger partial charge on any atom is -0.389 e. The summed E-state index contributed by atoms with van der Waals surface area (Å²) in [7, 11) is 2.00. The van der Waals surface area contributed by atoms with E-state index in [1.807, 2.05) is 35.8 Å². The Morgan fingerprint density at radius 2 is 2.53 bits per heavy atom. The monoisotopic (exact) mass is 226 g/mol. The van der Waals surface area contributed by atoms with Crippen LogP contribution < -0.4 is 0 Å². The fraction of sp³-hybridized carbons (Fsp3) is 0.727. The van der Waals surface area contributed by atoms with Crippen LogP contribution >= 0.6 is 11.8 Å². The number of aliphatic hydroxyl groups is 1. The van der Waals surface area contributed by atoms with Gasteiger partial charge in [0, 0.05) is 31.1 Å². The van der Waals surface area contributed by atoms with Crippen molar-refractivity contribution in [1.82, 2.24) is 9.55 Å². The molecule has 1 aliphatic rings. The molecular weight excluding hydrogens is 208 g/mol. The molecule has 2 unspecified atom stereocenters. The van der Waals surface area contributed by atoms with E-state index in [1.165, 1.54) is 0 Å². The van der Waals surface area contributed by atoms with E-state index in [0.717, 1.165) is 30.8 Å². The van der Waals surface area contributed by atoms with Gasteiger partial charge in [-0.3, -0.25) is 0 Å². The first-order valence-electron chi connectivity index (χ1n) is 5.42. The molecule has 0 bridgehead atoms. The summed E-state index contributed by atoms with van der Waals surface area (Å²) >= 11 is 1.87. The molecule has 0 saturated carbocycles. The first-order valence-corrected chi connectivity index (χ1v) is 6.47. The molecule has 0 amide bonds. The smallest absolute Gasteiger partial charge is 0.108 e. The van der Waals surface area contributed by atoms with Crippen LogP contribution in [0.4, 0.5) is 0 Å². The highest BCUT2D eigenvalue weighted by Crippen LogP contribution is 2.38. The molecule has 1 aliphatic heterocycles. The summed E-state index contributed by atoms with van der Waals surface area (Å²) in [6.45, 7) is 2.12. The van der Waals surface area contributed by atoms with Crippen LogP contribution in [-0.4, -0.2) is 31.3 Å². The highest BCUT2D eigenvalue weighted by Gasteiger charge is 2.38. The van der Waals surface area contributed by atoms with Crippen LogP contribution in [0.15, 0.2) is 12.4 Å². The van der Waals surface area contributed by atoms with E-state index in [4.69, 9.17) is 0 Å². The van der Waals surface area contributed by atoms with Crippen molar-refractivity contribution < 1.29 is 5.11 Å². The Kier molecular flexibility index (Phi) is 3.07. The van der Waals surface area contributed by atoms with Crippen LogP contribution in [0.25, 0.3) is 0 Å². The fourth-order valence-electron chi connectivity index (χ4n) is 2.06. The second kappa shape index (κ2) is 4.18. The van der Waals surface area contributed by atoms with Gasteiger partial charge in [0.05, 0.1) is 5.60 Å². The van der Waals surface area contributed by atoms with Gasteiger partial charge in [0.2, 0.25) is 0 Å². The summed E-state index contributed by atoms with van der Waals surface area (Å²) in [6, 6.07) is 0. The minimum absolute atomic E-state index is 0.359. The van der Waals surface area contributed by atoms with Crippen molar-refractivity contribution in [2.45, 2.75) is 37.0 Å². The first-order chi connectivity index (χ1) is 7.12. The van der Waals surface area contributed by atoms with Crippen LogP contribution in [0.1, 0.15) is 25.6 Å². The van der Waals surface area contributed by atoms with Crippen molar-refractivity contribution in [2.75, 3.05) is 5.75 Å². The number of aryl methyl sites for hydroxylation is 2. The molecule has 1 saturated heterocycles. The van der Waals surface area contributed by atoms with Crippen LogP contribution in [0.2, 0.25) is 0 Å². The van der Waals surface area contributed by atoms with E-state index in [2.05, 4.69) is 11.9 Å². The minimum atomic E-state index is -0.476. The molecule has 2 heterocycles. The van der Waals surface area contributed by atoms with E-state index in [1.54, 1.807) is 0 Å². The molecule has 0 spiro atoms. The zero-order valence-electron chi connectivity index (χ0n) is 9.31. The molecule has 1 aromatic heterocycles. The highest BCUT2D eigenvalue weighted by molar-refractivity contribution is 8.00. The van der Waals surface area contributed by atoms with Gasteiger partial charge in [-0.25, -0.2) is 4.98 Å². The molecule has 1 aromatic rings. The highest BCUT2D eigenvalue weighted by atomic mass is 32.2. The summed E-state index contributed by atoms with van der Waals surface area (Å²) in [5, 5.41) is 10.8. The number of rotatable bonds is 3. The number of imidazole rings is 1. The maximum Gasteiger partial charge on any atom is 0.108 e. The Balaban J connectivity index is 1.96. The van der Waals surface area contributed by atoms with Crippen molar-refractivity contribution >= 4 is 11.8 Å². The average Bonchev–Trinajstić information content (AvgIpc) is 2.73. The van der Waals surface area contributed by atoms with Crippen LogP contribution in [-0.2, 0) is 13.5 Å².